The van der Waals surface area contributed by atoms with E-state index < -0.39 is 0 Å². The van der Waals surface area contributed by atoms with Crippen LogP contribution in [0.4, 0.5) is 5.69 Å². The predicted molar refractivity (Wildman–Crippen MR) is 119 cm³/mol. The number of aromatic amines is 1. The van der Waals surface area contributed by atoms with E-state index in [0.29, 0.717) is 28.7 Å². The van der Waals surface area contributed by atoms with Gasteiger partial charge in [0.1, 0.15) is 5.52 Å². The molecule has 1 unspecified atom stereocenters. The molecule has 7 heteroatoms. The number of fused-ring (bicyclic) bond motifs is 1. The van der Waals surface area contributed by atoms with Crippen LogP contribution in [0.1, 0.15) is 37.6 Å². The summed E-state index contributed by atoms with van der Waals surface area (Å²) in [5.74, 6) is -0.190. The van der Waals surface area contributed by atoms with E-state index in [2.05, 4.69) is 52.2 Å². The van der Waals surface area contributed by atoms with Gasteiger partial charge < -0.3 is 19.9 Å². The number of benzene rings is 1. The highest BCUT2D eigenvalue weighted by Gasteiger charge is 2.29. The molecule has 1 amide bonds. The molecule has 0 radical (unpaired) electrons. The summed E-state index contributed by atoms with van der Waals surface area (Å²) in [6, 6.07) is 8.39. The van der Waals surface area contributed by atoms with Gasteiger partial charge in [-0.3, -0.25) is 4.79 Å². The van der Waals surface area contributed by atoms with E-state index in [0.717, 1.165) is 24.3 Å². The molecule has 4 rings (SSSR count). The second-order valence-electron chi connectivity index (χ2n) is 8.80. The lowest BCUT2D eigenvalue weighted by atomic mass is 9.93. The molecule has 3 aromatic rings. The number of ether oxygens (including phenoxy) is 1. The van der Waals surface area contributed by atoms with Gasteiger partial charge in [0, 0.05) is 44.2 Å². The molecule has 1 aliphatic rings. The molecule has 0 spiro atoms. The van der Waals surface area contributed by atoms with Crippen molar-refractivity contribution in [1.82, 2.24) is 20.3 Å². The van der Waals surface area contributed by atoms with Crippen molar-refractivity contribution in [3.05, 3.63) is 42.2 Å². The number of nitrogens with zero attached hydrogens (tertiary/aromatic N) is 3. The maximum atomic E-state index is 12.6. The van der Waals surface area contributed by atoms with Gasteiger partial charge in [-0.1, -0.05) is 26.0 Å². The zero-order valence-corrected chi connectivity index (χ0v) is 18.0. The Balaban J connectivity index is 1.61. The second kappa shape index (κ2) is 8.07. The van der Waals surface area contributed by atoms with Crippen molar-refractivity contribution in [3.8, 4) is 11.3 Å². The second-order valence-corrected chi connectivity index (χ2v) is 8.80. The summed E-state index contributed by atoms with van der Waals surface area (Å²) < 4.78 is 5.19. The van der Waals surface area contributed by atoms with Crippen LogP contribution in [0.15, 0.2) is 36.7 Å². The maximum Gasteiger partial charge on any atom is 0.255 e. The lowest BCUT2D eigenvalue weighted by Gasteiger charge is -2.22. The molecule has 1 fully saturated rings. The van der Waals surface area contributed by atoms with Crippen LogP contribution in [0, 0.1) is 5.41 Å². The van der Waals surface area contributed by atoms with Gasteiger partial charge in [-0.05, 0) is 30.9 Å². The molecule has 30 heavy (non-hydrogen) atoms. The number of hydrogen-bond acceptors (Lipinski definition) is 5. The molecule has 2 N–H and O–H groups in total. The summed E-state index contributed by atoms with van der Waals surface area (Å²) in [7, 11) is 1.62. The molecule has 0 saturated carbocycles. The summed E-state index contributed by atoms with van der Waals surface area (Å²) in [6.45, 7) is 9.06. The van der Waals surface area contributed by atoms with E-state index in [1.807, 2.05) is 13.0 Å². The number of carbonyl (C=O) groups is 1. The number of methoxy groups -OCH3 is 1. The van der Waals surface area contributed by atoms with Gasteiger partial charge in [0.05, 0.1) is 23.6 Å². The van der Waals surface area contributed by atoms with Gasteiger partial charge in [0.15, 0.2) is 5.65 Å². The molecule has 0 bridgehead atoms. The lowest BCUT2D eigenvalue weighted by Crippen LogP contribution is -2.31. The fraction of sp³-hybridized carbons (Fsp3) is 0.435. The Labute approximate surface area is 176 Å². The van der Waals surface area contributed by atoms with E-state index in [1.54, 1.807) is 19.5 Å². The SMILES string of the molecule is COC(C)CNC(=O)c1c[nH]c2ncc(-c3cccc(N4CCC(C)(C)C4)c3)nc12. The first-order valence-electron chi connectivity index (χ1n) is 10.4. The van der Waals surface area contributed by atoms with E-state index in [9.17, 15) is 4.79 Å². The molecule has 3 heterocycles. The molecular formula is C23H29N5O2. The van der Waals surface area contributed by atoms with Crippen LogP contribution in [-0.2, 0) is 4.74 Å². The van der Waals surface area contributed by atoms with Crippen LogP contribution >= 0.6 is 0 Å². The van der Waals surface area contributed by atoms with Gasteiger partial charge >= 0.3 is 0 Å². The normalized spacial score (nSPS) is 16.7. The monoisotopic (exact) mass is 407 g/mol. The van der Waals surface area contributed by atoms with Crippen molar-refractivity contribution in [3.63, 3.8) is 0 Å². The highest BCUT2D eigenvalue weighted by molar-refractivity contribution is 6.04. The number of hydrogen-bond donors (Lipinski definition) is 2. The third-order valence-electron chi connectivity index (χ3n) is 5.76. The molecule has 1 saturated heterocycles. The Hall–Kier alpha value is -2.93. The minimum Gasteiger partial charge on any atom is -0.380 e. The summed E-state index contributed by atoms with van der Waals surface area (Å²) in [5, 5.41) is 2.88. The van der Waals surface area contributed by atoms with Crippen LogP contribution in [0.3, 0.4) is 0 Å². The molecule has 2 aromatic heterocycles. The minimum absolute atomic E-state index is 0.0564. The first kappa shape index (κ1) is 20.3. The Morgan fingerprint density at radius 1 is 1.40 bits per heavy atom. The van der Waals surface area contributed by atoms with Crippen molar-refractivity contribution >= 4 is 22.8 Å². The first-order valence-corrected chi connectivity index (χ1v) is 10.4. The van der Waals surface area contributed by atoms with Crippen molar-refractivity contribution < 1.29 is 9.53 Å². The molecule has 7 nitrogen and oxygen atoms in total. The third-order valence-corrected chi connectivity index (χ3v) is 5.76. The van der Waals surface area contributed by atoms with Crippen LogP contribution < -0.4 is 10.2 Å². The topological polar surface area (TPSA) is 83.1 Å². The Bertz CT molecular complexity index is 1060. The Morgan fingerprint density at radius 3 is 2.97 bits per heavy atom. The van der Waals surface area contributed by atoms with Crippen LogP contribution in [-0.4, -0.2) is 53.7 Å². The fourth-order valence-corrected chi connectivity index (χ4v) is 3.81. The summed E-state index contributed by atoms with van der Waals surface area (Å²) in [6.07, 6.45) is 4.54. The van der Waals surface area contributed by atoms with Crippen LogP contribution in [0.2, 0.25) is 0 Å². The molecule has 1 aliphatic heterocycles. The van der Waals surface area contributed by atoms with Gasteiger partial charge in [0.2, 0.25) is 0 Å². The van der Waals surface area contributed by atoms with Gasteiger partial charge in [-0.25, -0.2) is 9.97 Å². The van der Waals surface area contributed by atoms with Crippen molar-refractivity contribution in [1.29, 1.82) is 0 Å². The Morgan fingerprint density at radius 2 is 2.23 bits per heavy atom. The minimum atomic E-state index is -0.190. The first-order chi connectivity index (χ1) is 14.4. The fourth-order valence-electron chi connectivity index (χ4n) is 3.81. The molecular weight excluding hydrogens is 378 g/mol. The number of nitrogens with one attached hydrogen (secondary N) is 2. The number of aromatic nitrogens is 3. The largest absolute Gasteiger partial charge is 0.380 e. The molecule has 158 valence electrons. The number of anilines is 1. The zero-order valence-electron chi connectivity index (χ0n) is 18.0. The van der Waals surface area contributed by atoms with Gasteiger partial charge in [-0.2, -0.15) is 0 Å². The number of H-pyrrole nitrogens is 1. The van der Waals surface area contributed by atoms with E-state index in [4.69, 9.17) is 9.72 Å². The van der Waals surface area contributed by atoms with Gasteiger partial charge in [0.25, 0.3) is 5.91 Å². The highest BCUT2D eigenvalue weighted by atomic mass is 16.5. The smallest absolute Gasteiger partial charge is 0.255 e. The number of amides is 1. The van der Waals surface area contributed by atoms with E-state index in [-0.39, 0.29) is 12.0 Å². The molecule has 1 atom stereocenters. The Kier molecular flexibility index (Phi) is 5.47. The van der Waals surface area contributed by atoms with E-state index >= 15 is 0 Å². The van der Waals surface area contributed by atoms with Crippen molar-refractivity contribution in [2.45, 2.75) is 33.3 Å². The maximum absolute atomic E-state index is 12.6. The predicted octanol–water partition coefficient (Wildman–Crippen LogP) is 3.63. The van der Waals surface area contributed by atoms with E-state index in [1.165, 1.54) is 12.1 Å². The van der Waals surface area contributed by atoms with Gasteiger partial charge in [-0.15, -0.1) is 0 Å². The third kappa shape index (κ3) is 4.16. The van der Waals surface area contributed by atoms with Crippen LogP contribution in [0.5, 0.6) is 0 Å². The quantitative estimate of drug-likeness (QED) is 0.652. The van der Waals surface area contributed by atoms with Crippen molar-refractivity contribution in [2.24, 2.45) is 5.41 Å². The summed E-state index contributed by atoms with van der Waals surface area (Å²) >= 11 is 0. The standard InChI is InChI=1S/C23H29N5O2/c1-15(30-4)11-26-22(29)18-12-24-21-20(18)27-19(13-25-21)16-6-5-7-17(10-16)28-9-8-23(2,3)14-28/h5-7,10,12-13,15H,8-9,11,14H2,1-4H3,(H,24,25)(H,26,29). The van der Waals surface area contributed by atoms with Crippen molar-refractivity contribution in [2.75, 3.05) is 31.6 Å². The molecule has 0 aliphatic carbocycles. The molecule has 1 aromatic carbocycles. The average Bonchev–Trinajstić information content (AvgIpc) is 3.34. The lowest BCUT2D eigenvalue weighted by molar-refractivity contribution is 0.0871. The average molecular weight is 408 g/mol. The number of rotatable bonds is 6. The summed E-state index contributed by atoms with van der Waals surface area (Å²) in [4.78, 5) is 27.3. The highest BCUT2D eigenvalue weighted by Crippen LogP contribution is 2.34. The number of carbonyl (C=O) groups excluding carboxylic acids is 1. The van der Waals surface area contributed by atoms with Crippen LogP contribution in [0.25, 0.3) is 22.4 Å². The summed E-state index contributed by atoms with van der Waals surface area (Å²) in [5.41, 5.74) is 4.93. The zero-order chi connectivity index (χ0) is 21.3.